The molecule has 1 saturated heterocycles. The molecule has 1 amide bonds. The maximum Gasteiger partial charge on any atom is 0.312 e. The van der Waals surface area contributed by atoms with Gasteiger partial charge in [0.25, 0.3) is 11.7 Å². The van der Waals surface area contributed by atoms with E-state index in [1.54, 1.807) is 46.8 Å². The fraction of sp³-hybridized carbons (Fsp3) is 0.568. The number of esters is 1. The van der Waals surface area contributed by atoms with Crippen molar-refractivity contribution in [1.29, 1.82) is 0 Å². The number of hydrogen-bond donors (Lipinski definition) is 6. The lowest BCUT2D eigenvalue weighted by molar-refractivity contribution is -0.160. The van der Waals surface area contributed by atoms with Crippen LogP contribution in [0.1, 0.15) is 89.7 Å². The summed E-state index contributed by atoms with van der Waals surface area (Å²) in [5, 5.41) is 61.0. The molecule has 9 unspecified atom stereocenters. The Morgan fingerprint density at radius 1 is 0.931 bits per heavy atom. The first-order chi connectivity index (χ1) is 27.2. The molecule has 1 fully saturated rings. The van der Waals surface area contributed by atoms with Crippen molar-refractivity contribution in [1.82, 2.24) is 4.90 Å². The number of piperidine rings is 1. The maximum absolute atomic E-state index is 14.5. The number of hydrogen-bond acceptors (Lipinski definition) is 13. The van der Waals surface area contributed by atoms with Gasteiger partial charge in [0.15, 0.2) is 5.75 Å². The average molecular weight is 809 g/mol. The molecule has 4 heterocycles. The molecule has 4 aliphatic rings. The van der Waals surface area contributed by atoms with Gasteiger partial charge in [0.1, 0.15) is 23.4 Å². The van der Waals surface area contributed by atoms with Crippen LogP contribution in [0.2, 0.25) is 0 Å². The topological polar surface area (TPSA) is 205 Å². The van der Waals surface area contributed by atoms with Gasteiger partial charge >= 0.3 is 11.8 Å². The van der Waals surface area contributed by atoms with Crippen molar-refractivity contribution < 1.29 is 58.9 Å². The van der Waals surface area contributed by atoms with Gasteiger partial charge in [0.2, 0.25) is 0 Å². The lowest BCUT2D eigenvalue weighted by Gasteiger charge is -2.38. The van der Waals surface area contributed by atoms with Crippen molar-refractivity contribution in [2.24, 2.45) is 29.6 Å². The first-order valence-corrected chi connectivity index (χ1v) is 20.0. The molecular formula is C44H60N2O12. The quantitative estimate of drug-likeness (QED) is 0.120. The molecule has 14 nitrogen and oxygen atoms in total. The van der Waals surface area contributed by atoms with Crippen LogP contribution in [0.25, 0.3) is 10.8 Å². The van der Waals surface area contributed by atoms with Crippen LogP contribution in [0.3, 0.4) is 0 Å². The molecule has 0 radical (unpaired) electrons. The van der Waals surface area contributed by atoms with Crippen LogP contribution in [0.4, 0.5) is 5.69 Å². The number of ether oxygens (including phenoxy) is 4. The van der Waals surface area contributed by atoms with Gasteiger partial charge < -0.3 is 49.8 Å². The van der Waals surface area contributed by atoms with E-state index in [1.807, 2.05) is 0 Å². The Morgan fingerprint density at radius 3 is 2.21 bits per heavy atom. The molecule has 9 atom stereocenters. The molecule has 0 aliphatic carbocycles. The molecule has 0 spiro atoms. The summed E-state index contributed by atoms with van der Waals surface area (Å²) in [4.78, 5) is 42.7. The Balaban J connectivity index is 1.70. The van der Waals surface area contributed by atoms with Crippen LogP contribution in [0.5, 0.6) is 23.0 Å². The highest BCUT2D eigenvalue weighted by Gasteiger charge is 2.50. The van der Waals surface area contributed by atoms with Gasteiger partial charge in [-0.15, -0.1) is 0 Å². The first kappa shape index (κ1) is 44.5. The van der Waals surface area contributed by atoms with Gasteiger partial charge in [0.05, 0.1) is 41.2 Å². The second-order valence-corrected chi connectivity index (χ2v) is 16.6. The van der Waals surface area contributed by atoms with Crippen molar-refractivity contribution >= 4 is 34.1 Å². The molecule has 0 saturated carbocycles. The number of phenols is 3. The summed E-state index contributed by atoms with van der Waals surface area (Å²) in [6, 6.07) is 0. The van der Waals surface area contributed by atoms with Crippen LogP contribution >= 0.6 is 0 Å². The second kappa shape index (κ2) is 17.7. The number of aliphatic hydroxyl groups excluding tert-OH is 2. The van der Waals surface area contributed by atoms with Gasteiger partial charge in [-0.3, -0.25) is 19.3 Å². The first-order valence-electron chi connectivity index (χ1n) is 20.0. The number of carbonyl (C=O) groups is 3. The number of rotatable bonds is 4. The predicted octanol–water partition coefficient (Wildman–Crippen LogP) is 5.99. The van der Waals surface area contributed by atoms with Crippen LogP contribution in [0.15, 0.2) is 36.1 Å². The molecule has 4 aliphatic heterocycles. The Bertz CT molecular complexity index is 2000. The van der Waals surface area contributed by atoms with E-state index in [4.69, 9.17) is 18.9 Å². The summed E-state index contributed by atoms with van der Waals surface area (Å²) in [6.45, 7) is 16.3. The van der Waals surface area contributed by atoms with E-state index in [1.165, 1.54) is 46.3 Å². The molecular weight excluding hydrogens is 748 g/mol. The zero-order chi connectivity index (χ0) is 43.0. The van der Waals surface area contributed by atoms with E-state index in [0.29, 0.717) is 19.0 Å². The zero-order valence-electron chi connectivity index (χ0n) is 35.2. The largest absolute Gasteiger partial charge is 0.507 e. The third-order valence-electron chi connectivity index (χ3n) is 12.4. The number of amides is 1. The average Bonchev–Trinajstić information content (AvgIpc) is 3.45. The van der Waals surface area contributed by atoms with E-state index in [0.717, 1.165) is 12.8 Å². The number of Topliss-reactive ketones (excluding diaryl/α,β-unsaturated/α-hetero) is 1. The van der Waals surface area contributed by atoms with Crippen LogP contribution in [-0.4, -0.2) is 98.5 Å². The molecule has 14 heteroatoms. The number of likely N-dealkylation sites (tertiary alicyclic amines) is 1. The number of allylic oxidation sites excluding steroid dienone is 2. The summed E-state index contributed by atoms with van der Waals surface area (Å²) < 4.78 is 23.7. The number of ketones is 1. The molecule has 58 heavy (non-hydrogen) atoms. The number of phenolic OH excluding ortho intramolecular Hbond substituents is 3. The number of fused-ring (bicyclic) bond motifs is 14. The summed E-state index contributed by atoms with van der Waals surface area (Å²) in [5.74, 6) is -7.29. The molecule has 0 aromatic heterocycles. The summed E-state index contributed by atoms with van der Waals surface area (Å²) >= 11 is 0. The van der Waals surface area contributed by atoms with Gasteiger partial charge in [-0.2, -0.15) is 0 Å². The Kier molecular flexibility index (Phi) is 13.6. The number of nitrogens with one attached hydrogen (secondary N) is 1. The highest BCUT2D eigenvalue weighted by molar-refractivity contribution is 6.22. The van der Waals surface area contributed by atoms with Gasteiger partial charge in [0, 0.05) is 73.3 Å². The highest BCUT2D eigenvalue weighted by Crippen LogP contribution is 2.55. The number of nitrogens with zero attached hydrogens (tertiary/aromatic N) is 1. The van der Waals surface area contributed by atoms with Gasteiger partial charge in [-0.25, -0.2) is 0 Å². The molecule has 6 N–H and O–H groups in total. The van der Waals surface area contributed by atoms with Crippen molar-refractivity contribution in [2.45, 2.75) is 112 Å². The smallest absolute Gasteiger partial charge is 0.312 e. The standard InChI is InChI=1S/C44H60N2O12/c1-21-14-17-46(18-15-21)20-29-34-39(52)32-31(38(29)51)33-41(27(7)37(32)50)58-44(9,42(33)53)56-19-16-30(55-10)24(4)40(57-28(8)47)26(6)36(49)25(5)35(48)22(2)12-11-13-23(3)43(54)45-34/h11-13,16,19,21-22,24-26,30,35-36,40,48-52H,14-15,17-18,20H2,1-10H3,(H,45,54)/b12-11+,19-16+,23-13-. The lowest BCUT2D eigenvalue weighted by Crippen LogP contribution is -2.46. The second-order valence-electron chi connectivity index (χ2n) is 16.6. The third-order valence-corrected chi connectivity index (χ3v) is 12.4. The monoisotopic (exact) mass is 808 g/mol. The minimum atomic E-state index is -2.01. The van der Waals surface area contributed by atoms with Crippen molar-refractivity contribution in [2.75, 3.05) is 25.5 Å². The maximum atomic E-state index is 14.5. The summed E-state index contributed by atoms with van der Waals surface area (Å²) in [5.41, 5.74) is 0.229. The van der Waals surface area contributed by atoms with E-state index in [-0.39, 0.29) is 51.0 Å². The number of aliphatic hydroxyl groups is 2. The fourth-order valence-corrected chi connectivity index (χ4v) is 8.38. The minimum Gasteiger partial charge on any atom is -0.507 e. The predicted molar refractivity (Wildman–Crippen MR) is 217 cm³/mol. The van der Waals surface area contributed by atoms with Crippen LogP contribution in [0, 0.1) is 36.5 Å². The molecule has 2 aromatic rings. The van der Waals surface area contributed by atoms with E-state index >= 15 is 0 Å². The molecule has 6 rings (SSSR count). The van der Waals surface area contributed by atoms with E-state index in [2.05, 4.69) is 17.1 Å². The van der Waals surface area contributed by atoms with Gasteiger partial charge in [-0.1, -0.05) is 52.8 Å². The third kappa shape index (κ3) is 8.56. The normalized spacial score (nSPS) is 32.6. The fourth-order valence-electron chi connectivity index (χ4n) is 8.38. The van der Waals surface area contributed by atoms with Gasteiger partial charge in [-0.05, 0) is 51.8 Å². The number of anilines is 1. The van der Waals surface area contributed by atoms with E-state index in [9.17, 15) is 39.9 Å². The number of methoxy groups -OCH3 is 1. The zero-order valence-corrected chi connectivity index (χ0v) is 35.2. The Morgan fingerprint density at radius 2 is 1.59 bits per heavy atom. The van der Waals surface area contributed by atoms with E-state index < -0.39 is 88.8 Å². The molecule has 318 valence electrons. The van der Waals surface area contributed by atoms with Crippen LogP contribution in [-0.2, 0) is 30.3 Å². The highest BCUT2D eigenvalue weighted by atomic mass is 16.7. The molecule has 2 aromatic carbocycles. The number of benzene rings is 2. The van der Waals surface area contributed by atoms with Crippen LogP contribution < -0.4 is 10.1 Å². The summed E-state index contributed by atoms with van der Waals surface area (Å²) in [7, 11) is 1.45. The SMILES string of the molecule is COC1/C=C/OC2(C)Oc3c(C)c(O)c4c(O)c(c(CN5CCC(C)CC5)c(O)c4c3C2=O)NC(=O)/C(C)=C\C=C\C(C)C(O)C(C)C(O)C(C)C(OC(C)=O)C1C. The Labute approximate surface area is 340 Å². The van der Waals surface area contributed by atoms with Crippen molar-refractivity contribution in [3.8, 4) is 23.0 Å². The minimum absolute atomic E-state index is 0.0499. The Hall–Kier alpha value is -4.63. The number of carbonyl (C=O) groups excluding carboxylic acids is 3. The van der Waals surface area contributed by atoms with Crippen molar-refractivity contribution in [3.63, 3.8) is 0 Å². The molecule has 5 bridgehead atoms. The lowest BCUT2D eigenvalue weighted by atomic mass is 9.78. The summed E-state index contributed by atoms with van der Waals surface area (Å²) in [6.07, 6.45) is 5.56. The number of aromatic hydroxyl groups is 3. The van der Waals surface area contributed by atoms with Crippen molar-refractivity contribution in [3.05, 3.63) is 52.8 Å².